The lowest BCUT2D eigenvalue weighted by Crippen LogP contribution is -2.14. The van der Waals surface area contributed by atoms with E-state index in [9.17, 15) is 9.18 Å². The highest BCUT2D eigenvalue weighted by Crippen LogP contribution is 2.23. The first kappa shape index (κ1) is 13.6. The smallest absolute Gasteiger partial charge is 0.257 e. The molecule has 1 amide bonds. The largest absolute Gasteiger partial charge is 0.431 e. The number of oxazole rings is 1. The van der Waals surface area contributed by atoms with Crippen LogP contribution in [0.2, 0.25) is 0 Å². The highest BCUT2D eigenvalue weighted by molar-refractivity contribution is 7.99. The Morgan fingerprint density at radius 3 is 2.90 bits per heavy atom. The van der Waals surface area contributed by atoms with Gasteiger partial charge in [0.15, 0.2) is 5.58 Å². The molecular formula is C15H11FN2O2S. The second-order valence-corrected chi connectivity index (χ2v) is 5.22. The molecule has 3 aromatic rings. The summed E-state index contributed by atoms with van der Waals surface area (Å²) in [6.07, 6.45) is 0. The van der Waals surface area contributed by atoms with E-state index >= 15 is 0 Å². The van der Waals surface area contributed by atoms with Crippen LogP contribution in [0, 0.1) is 5.82 Å². The average Bonchev–Trinajstić information content (AvgIpc) is 2.88. The minimum atomic E-state index is -0.389. The predicted octanol–water partition coefficient (Wildman–Crippen LogP) is 3.70. The summed E-state index contributed by atoms with van der Waals surface area (Å²) in [5.74, 6) is -0.490. The van der Waals surface area contributed by atoms with Crippen LogP contribution in [-0.2, 0) is 4.79 Å². The Labute approximate surface area is 124 Å². The Morgan fingerprint density at radius 1 is 1.24 bits per heavy atom. The third-order valence-electron chi connectivity index (χ3n) is 2.71. The maximum atomic E-state index is 13.0. The normalized spacial score (nSPS) is 10.7. The fourth-order valence-electron chi connectivity index (χ4n) is 1.80. The van der Waals surface area contributed by atoms with E-state index in [1.807, 2.05) is 24.3 Å². The van der Waals surface area contributed by atoms with Gasteiger partial charge in [-0.05, 0) is 30.3 Å². The first-order valence-corrected chi connectivity index (χ1v) is 7.23. The van der Waals surface area contributed by atoms with Crippen molar-refractivity contribution in [3.05, 3.63) is 54.3 Å². The molecule has 0 unspecified atom stereocenters. The third kappa shape index (κ3) is 3.41. The van der Waals surface area contributed by atoms with Crippen molar-refractivity contribution in [1.82, 2.24) is 4.98 Å². The highest BCUT2D eigenvalue weighted by atomic mass is 32.2. The van der Waals surface area contributed by atoms with Crippen LogP contribution in [0.4, 0.5) is 10.1 Å². The molecule has 1 heterocycles. The molecule has 0 saturated carbocycles. The number of aromatic nitrogens is 1. The third-order valence-corrected chi connectivity index (χ3v) is 3.54. The summed E-state index contributed by atoms with van der Waals surface area (Å²) < 4.78 is 18.5. The zero-order chi connectivity index (χ0) is 14.7. The maximum absolute atomic E-state index is 13.0. The van der Waals surface area contributed by atoms with Crippen LogP contribution in [0.25, 0.3) is 11.1 Å². The number of rotatable bonds is 4. The topological polar surface area (TPSA) is 55.1 Å². The van der Waals surface area contributed by atoms with Crippen molar-refractivity contribution in [3.63, 3.8) is 0 Å². The van der Waals surface area contributed by atoms with Gasteiger partial charge in [0.25, 0.3) is 5.22 Å². The second-order valence-electron chi connectivity index (χ2n) is 4.29. The Hall–Kier alpha value is -2.34. The van der Waals surface area contributed by atoms with Crippen molar-refractivity contribution in [2.75, 3.05) is 11.1 Å². The van der Waals surface area contributed by atoms with E-state index in [-0.39, 0.29) is 17.5 Å². The van der Waals surface area contributed by atoms with Gasteiger partial charge in [-0.2, -0.15) is 0 Å². The number of carbonyl (C=O) groups is 1. The Bertz CT molecular complexity index is 755. The van der Waals surface area contributed by atoms with E-state index in [4.69, 9.17) is 4.42 Å². The quantitative estimate of drug-likeness (QED) is 0.747. The molecule has 0 radical (unpaired) electrons. The molecule has 1 N–H and O–H groups in total. The van der Waals surface area contributed by atoms with Gasteiger partial charge in [-0.15, -0.1) is 0 Å². The molecule has 6 heteroatoms. The first-order chi connectivity index (χ1) is 10.2. The predicted molar refractivity (Wildman–Crippen MR) is 79.8 cm³/mol. The lowest BCUT2D eigenvalue weighted by molar-refractivity contribution is -0.113. The minimum Gasteiger partial charge on any atom is -0.431 e. The molecule has 0 spiro atoms. The van der Waals surface area contributed by atoms with Crippen LogP contribution in [0.5, 0.6) is 0 Å². The molecule has 1 aromatic heterocycles. The van der Waals surface area contributed by atoms with Crippen molar-refractivity contribution in [2.45, 2.75) is 5.22 Å². The molecular weight excluding hydrogens is 291 g/mol. The Morgan fingerprint density at radius 2 is 2.10 bits per heavy atom. The van der Waals surface area contributed by atoms with Crippen LogP contribution in [0.1, 0.15) is 0 Å². The summed E-state index contributed by atoms with van der Waals surface area (Å²) in [5.41, 5.74) is 1.87. The van der Waals surface area contributed by atoms with Gasteiger partial charge < -0.3 is 9.73 Å². The van der Waals surface area contributed by atoms with Crippen molar-refractivity contribution in [3.8, 4) is 0 Å². The van der Waals surface area contributed by atoms with Crippen LogP contribution >= 0.6 is 11.8 Å². The van der Waals surface area contributed by atoms with Crippen molar-refractivity contribution < 1.29 is 13.6 Å². The minimum absolute atomic E-state index is 0.142. The van der Waals surface area contributed by atoms with E-state index in [2.05, 4.69) is 10.3 Å². The fourth-order valence-corrected chi connectivity index (χ4v) is 2.44. The van der Waals surface area contributed by atoms with E-state index < -0.39 is 0 Å². The number of thioether (sulfide) groups is 1. The molecule has 2 aromatic carbocycles. The van der Waals surface area contributed by atoms with Gasteiger partial charge in [-0.1, -0.05) is 30.0 Å². The van der Waals surface area contributed by atoms with Gasteiger partial charge in [0.1, 0.15) is 11.3 Å². The van der Waals surface area contributed by atoms with Crippen LogP contribution in [-0.4, -0.2) is 16.6 Å². The number of nitrogens with zero attached hydrogens (tertiary/aromatic N) is 1. The van der Waals surface area contributed by atoms with Crippen molar-refractivity contribution in [1.29, 1.82) is 0 Å². The number of benzene rings is 2. The second kappa shape index (κ2) is 5.97. The summed E-state index contributed by atoms with van der Waals surface area (Å²) in [6, 6.07) is 13.2. The summed E-state index contributed by atoms with van der Waals surface area (Å²) in [4.78, 5) is 16.1. The summed E-state index contributed by atoms with van der Waals surface area (Å²) in [7, 11) is 0. The van der Waals surface area contributed by atoms with E-state index in [0.29, 0.717) is 16.5 Å². The Kier molecular flexibility index (Phi) is 3.87. The highest BCUT2D eigenvalue weighted by Gasteiger charge is 2.09. The maximum Gasteiger partial charge on any atom is 0.257 e. The molecule has 4 nitrogen and oxygen atoms in total. The molecule has 0 saturated heterocycles. The van der Waals surface area contributed by atoms with Crippen LogP contribution < -0.4 is 5.32 Å². The zero-order valence-corrected chi connectivity index (χ0v) is 11.7. The number of fused-ring (bicyclic) bond motifs is 1. The molecule has 0 fully saturated rings. The van der Waals surface area contributed by atoms with Gasteiger partial charge in [-0.25, -0.2) is 9.37 Å². The van der Waals surface area contributed by atoms with E-state index in [1.165, 1.54) is 23.9 Å². The fraction of sp³-hybridized carbons (Fsp3) is 0.0667. The summed E-state index contributed by atoms with van der Waals surface area (Å²) in [5, 5.41) is 3.05. The molecule has 0 bridgehead atoms. The molecule has 0 aliphatic carbocycles. The molecule has 106 valence electrons. The molecule has 3 rings (SSSR count). The lowest BCUT2D eigenvalue weighted by atomic mass is 10.3. The summed E-state index contributed by atoms with van der Waals surface area (Å²) >= 11 is 1.19. The molecule has 0 aliphatic rings. The molecule has 0 atom stereocenters. The molecule has 21 heavy (non-hydrogen) atoms. The van der Waals surface area contributed by atoms with Gasteiger partial charge in [-0.3, -0.25) is 4.79 Å². The van der Waals surface area contributed by atoms with Crippen LogP contribution in [0.3, 0.4) is 0 Å². The number of anilines is 1. The van der Waals surface area contributed by atoms with Gasteiger partial charge >= 0.3 is 0 Å². The zero-order valence-electron chi connectivity index (χ0n) is 10.9. The van der Waals surface area contributed by atoms with Crippen molar-refractivity contribution >= 4 is 34.5 Å². The number of para-hydroxylation sites is 2. The van der Waals surface area contributed by atoms with Crippen molar-refractivity contribution in [2.24, 2.45) is 0 Å². The average molecular weight is 302 g/mol. The number of amides is 1. The number of hydrogen-bond donors (Lipinski definition) is 1. The number of halogens is 1. The Balaban J connectivity index is 1.60. The molecule has 0 aliphatic heterocycles. The van der Waals surface area contributed by atoms with Crippen LogP contribution in [0.15, 0.2) is 58.2 Å². The lowest BCUT2D eigenvalue weighted by Gasteiger charge is -2.03. The van der Waals surface area contributed by atoms with Gasteiger partial charge in [0.2, 0.25) is 5.91 Å². The monoisotopic (exact) mass is 302 g/mol. The van der Waals surface area contributed by atoms with Gasteiger partial charge in [0.05, 0.1) is 5.75 Å². The number of hydrogen-bond acceptors (Lipinski definition) is 4. The number of carbonyl (C=O) groups excluding carboxylic acids is 1. The summed E-state index contributed by atoms with van der Waals surface area (Å²) in [6.45, 7) is 0. The number of nitrogens with one attached hydrogen (secondary N) is 1. The standard InChI is InChI=1S/C15H11FN2O2S/c16-10-4-3-5-11(8-10)17-14(19)9-21-15-18-12-6-1-2-7-13(12)20-15/h1-8H,9H2,(H,17,19). The van der Waals surface area contributed by atoms with Gasteiger partial charge in [0, 0.05) is 5.69 Å². The first-order valence-electron chi connectivity index (χ1n) is 6.24. The SMILES string of the molecule is O=C(CSc1nc2ccccc2o1)Nc1cccc(F)c1. The van der Waals surface area contributed by atoms with E-state index in [0.717, 1.165) is 5.52 Å². The van der Waals surface area contributed by atoms with E-state index in [1.54, 1.807) is 12.1 Å².